The molecule has 5 nitrogen and oxygen atoms in total. The van der Waals surface area contributed by atoms with E-state index in [-0.39, 0.29) is 5.69 Å². The van der Waals surface area contributed by atoms with Gasteiger partial charge >= 0.3 is 0 Å². The van der Waals surface area contributed by atoms with Crippen LogP contribution in [0.2, 0.25) is 5.02 Å². The fourth-order valence-electron chi connectivity index (χ4n) is 2.16. The summed E-state index contributed by atoms with van der Waals surface area (Å²) in [6.45, 7) is 0.503. The molecule has 0 aliphatic heterocycles. The monoisotopic (exact) mass is 339 g/mol. The molecule has 24 heavy (non-hydrogen) atoms. The quantitative estimate of drug-likeness (QED) is 0.741. The molecule has 120 valence electrons. The summed E-state index contributed by atoms with van der Waals surface area (Å²) in [5.74, 6) is 1.47. The van der Waals surface area contributed by atoms with Gasteiger partial charge in [0.25, 0.3) is 0 Å². The van der Waals surface area contributed by atoms with Gasteiger partial charge < -0.3 is 14.5 Å². The first kappa shape index (κ1) is 15.9. The van der Waals surface area contributed by atoms with Crippen LogP contribution in [-0.4, -0.2) is 12.1 Å². The van der Waals surface area contributed by atoms with E-state index in [0.717, 1.165) is 16.9 Å². The molecular formula is C18H14ClN3O2. The topological polar surface area (TPSA) is 71.1 Å². The molecule has 3 rings (SSSR count). The predicted octanol–water partition coefficient (Wildman–Crippen LogP) is 4.49. The summed E-state index contributed by atoms with van der Waals surface area (Å²) in [6, 6.07) is 16.8. The molecule has 1 N–H and O–H groups in total. The lowest BCUT2D eigenvalue weighted by atomic mass is 10.2. The summed E-state index contributed by atoms with van der Waals surface area (Å²) >= 11 is 5.87. The Morgan fingerprint density at radius 2 is 1.88 bits per heavy atom. The van der Waals surface area contributed by atoms with Crippen LogP contribution in [0.5, 0.6) is 5.75 Å². The SMILES string of the molecule is COc1ccc(-c2nc(C#N)c(NCc3ccc(Cl)cc3)o2)cc1. The number of anilines is 1. The van der Waals surface area contributed by atoms with Crippen molar-refractivity contribution in [2.24, 2.45) is 0 Å². The van der Waals surface area contributed by atoms with Crippen molar-refractivity contribution < 1.29 is 9.15 Å². The molecule has 0 unspecified atom stereocenters. The molecule has 0 aliphatic rings. The first-order chi connectivity index (χ1) is 11.7. The van der Waals surface area contributed by atoms with Crippen LogP contribution in [0.1, 0.15) is 11.3 Å². The number of methoxy groups -OCH3 is 1. The van der Waals surface area contributed by atoms with Crippen LogP contribution >= 0.6 is 11.6 Å². The maximum absolute atomic E-state index is 9.24. The van der Waals surface area contributed by atoms with E-state index in [2.05, 4.69) is 10.3 Å². The van der Waals surface area contributed by atoms with Gasteiger partial charge in [-0.25, -0.2) is 0 Å². The van der Waals surface area contributed by atoms with Crippen molar-refractivity contribution in [2.75, 3.05) is 12.4 Å². The van der Waals surface area contributed by atoms with E-state index in [4.69, 9.17) is 20.8 Å². The second kappa shape index (κ2) is 7.07. The first-order valence-corrected chi connectivity index (χ1v) is 7.61. The van der Waals surface area contributed by atoms with Crippen molar-refractivity contribution in [1.82, 2.24) is 4.98 Å². The van der Waals surface area contributed by atoms with Gasteiger partial charge in [0.05, 0.1) is 7.11 Å². The van der Waals surface area contributed by atoms with Crippen molar-refractivity contribution in [1.29, 1.82) is 5.26 Å². The zero-order valence-corrected chi connectivity index (χ0v) is 13.7. The van der Waals surface area contributed by atoms with E-state index >= 15 is 0 Å². The Hall–Kier alpha value is -2.97. The standard InChI is InChI=1S/C18H14ClN3O2/c1-23-15-8-4-13(5-9-15)17-22-16(10-20)18(24-17)21-11-12-2-6-14(19)7-3-12/h2-9,21H,11H2,1H3. The molecule has 3 aromatic rings. The third-order valence-corrected chi connectivity index (χ3v) is 3.69. The predicted molar refractivity (Wildman–Crippen MR) is 92.0 cm³/mol. The summed E-state index contributed by atoms with van der Waals surface area (Å²) in [5.41, 5.74) is 2.01. The number of hydrogen-bond acceptors (Lipinski definition) is 5. The lowest BCUT2D eigenvalue weighted by Gasteiger charge is -2.03. The summed E-state index contributed by atoms with van der Waals surface area (Å²) in [4.78, 5) is 4.23. The average Bonchev–Trinajstić information content (AvgIpc) is 3.04. The highest BCUT2D eigenvalue weighted by Gasteiger charge is 2.14. The van der Waals surface area contributed by atoms with E-state index in [1.807, 2.05) is 54.6 Å². The molecule has 0 amide bonds. The van der Waals surface area contributed by atoms with E-state index in [0.29, 0.717) is 23.3 Å². The van der Waals surface area contributed by atoms with Gasteiger partial charge in [-0.15, -0.1) is 0 Å². The third kappa shape index (κ3) is 3.50. The summed E-state index contributed by atoms with van der Waals surface area (Å²) < 4.78 is 10.8. The van der Waals surface area contributed by atoms with Crippen molar-refractivity contribution in [3.05, 3.63) is 64.8 Å². The Bertz CT molecular complexity index is 865. The van der Waals surface area contributed by atoms with Crippen molar-refractivity contribution in [3.8, 4) is 23.3 Å². The Labute approximate surface area is 144 Å². The van der Waals surface area contributed by atoms with Crippen LogP contribution in [0.15, 0.2) is 52.9 Å². The molecule has 0 spiro atoms. The molecule has 0 atom stereocenters. The molecule has 0 aliphatic carbocycles. The number of oxazole rings is 1. The van der Waals surface area contributed by atoms with Gasteiger partial charge in [-0.3, -0.25) is 0 Å². The minimum Gasteiger partial charge on any atom is -0.497 e. The highest BCUT2D eigenvalue weighted by atomic mass is 35.5. The molecule has 1 aromatic heterocycles. The zero-order valence-electron chi connectivity index (χ0n) is 12.9. The number of nitriles is 1. The highest BCUT2D eigenvalue weighted by molar-refractivity contribution is 6.30. The van der Waals surface area contributed by atoms with Crippen LogP contribution in [0.3, 0.4) is 0 Å². The number of nitrogens with one attached hydrogen (secondary N) is 1. The first-order valence-electron chi connectivity index (χ1n) is 7.23. The second-order valence-electron chi connectivity index (χ2n) is 5.02. The number of aromatic nitrogens is 1. The Morgan fingerprint density at radius 1 is 1.17 bits per heavy atom. The summed E-state index contributed by atoms with van der Waals surface area (Å²) in [6.07, 6.45) is 0. The van der Waals surface area contributed by atoms with E-state index < -0.39 is 0 Å². The average molecular weight is 340 g/mol. The normalized spacial score (nSPS) is 10.2. The van der Waals surface area contributed by atoms with E-state index in [9.17, 15) is 5.26 Å². The smallest absolute Gasteiger partial charge is 0.232 e. The number of rotatable bonds is 5. The van der Waals surface area contributed by atoms with Crippen LogP contribution < -0.4 is 10.1 Å². The number of halogens is 1. The van der Waals surface area contributed by atoms with Crippen LogP contribution in [-0.2, 0) is 6.54 Å². The maximum Gasteiger partial charge on any atom is 0.232 e. The molecule has 1 heterocycles. The second-order valence-corrected chi connectivity index (χ2v) is 5.45. The number of nitrogens with zero attached hydrogens (tertiary/aromatic N) is 2. The molecule has 0 bridgehead atoms. The van der Waals surface area contributed by atoms with Crippen molar-refractivity contribution >= 4 is 17.5 Å². The van der Waals surface area contributed by atoms with Gasteiger partial charge in [-0.05, 0) is 42.0 Å². The van der Waals surface area contributed by atoms with Gasteiger partial charge in [0.1, 0.15) is 11.8 Å². The van der Waals surface area contributed by atoms with Crippen LogP contribution in [0.4, 0.5) is 5.88 Å². The largest absolute Gasteiger partial charge is 0.497 e. The molecule has 0 fully saturated rings. The molecule has 6 heteroatoms. The molecular weight excluding hydrogens is 326 g/mol. The Balaban J connectivity index is 1.79. The highest BCUT2D eigenvalue weighted by Crippen LogP contribution is 2.27. The Kier molecular flexibility index (Phi) is 4.69. The van der Waals surface area contributed by atoms with Gasteiger partial charge in [-0.2, -0.15) is 10.2 Å². The van der Waals surface area contributed by atoms with E-state index in [1.54, 1.807) is 7.11 Å². The van der Waals surface area contributed by atoms with Crippen molar-refractivity contribution in [3.63, 3.8) is 0 Å². The van der Waals surface area contributed by atoms with Gasteiger partial charge in [0.15, 0.2) is 0 Å². The van der Waals surface area contributed by atoms with Gasteiger partial charge in [0.2, 0.25) is 17.5 Å². The van der Waals surface area contributed by atoms with Gasteiger partial charge in [0, 0.05) is 17.1 Å². The fourth-order valence-corrected chi connectivity index (χ4v) is 2.28. The number of ether oxygens (including phenoxy) is 1. The third-order valence-electron chi connectivity index (χ3n) is 3.44. The Morgan fingerprint density at radius 3 is 2.50 bits per heavy atom. The minimum absolute atomic E-state index is 0.217. The molecule has 0 radical (unpaired) electrons. The van der Waals surface area contributed by atoms with Crippen molar-refractivity contribution in [2.45, 2.75) is 6.54 Å². The minimum atomic E-state index is 0.217. The van der Waals surface area contributed by atoms with E-state index in [1.165, 1.54) is 0 Å². The lowest BCUT2D eigenvalue weighted by Crippen LogP contribution is -1.99. The summed E-state index contributed by atoms with van der Waals surface area (Å²) in [7, 11) is 1.60. The maximum atomic E-state index is 9.24. The molecule has 2 aromatic carbocycles. The molecule has 0 saturated heterocycles. The molecule has 0 saturated carbocycles. The van der Waals surface area contributed by atoms with Crippen LogP contribution in [0, 0.1) is 11.3 Å². The van der Waals surface area contributed by atoms with Crippen LogP contribution in [0.25, 0.3) is 11.5 Å². The zero-order chi connectivity index (χ0) is 16.9. The lowest BCUT2D eigenvalue weighted by molar-refractivity contribution is 0.415. The number of hydrogen-bond donors (Lipinski definition) is 1. The fraction of sp³-hybridized carbons (Fsp3) is 0.111. The number of benzene rings is 2. The van der Waals surface area contributed by atoms with Gasteiger partial charge in [-0.1, -0.05) is 23.7 Å². The summed E-state index contributed by atoms with van der Waals surface area (Å²) in [5, 5.41) is 13.0.